The molecule has 7 nitrogen and oxygen atoms in total. The van der Waals surface area contributed by atoms with Crippen molar-refractivity contribution in [3.63, 3.8) is 0 Å². The van der Waals surface area contributed by atoms with Crippen molar-refractivity contribution >= 4 is 17.9 Å². The number of hydrogen-bond acceptors (Lipinski definition) is 3. The van der Waals surface area contributed by atoms with Crippen LogP contribution in [0.4, 0.5) is 4.79 Å². The fourth-order valence-electron chi connectivity index (χ4n) is 1.78. The van der Waals surface area contributed by atoms with Crippen molar-refractivity contribution in [3.05, 3.63) is 0 Å². The van der Waals surface area contributed by atoms with Gasteiger partial charge in [-0.1, -0.05) is 13.3 Å². The molecule has 3 amide bonds. The lowest BCUT2D eigenvalue weighted by Crippen LogP contribution is -2.50. The summed E-state index contributed by atoms with van der Waals surface area (Å²) in [6, 6.07) is -1.07. The quantitative estimate of drug-likeness (QED) is 0.511. The summed E-state index contributed by atoms with van der Waals surface area (Å²) in [5.74, 6) is -1.40. The highest BCUT2D eigenvalue weighted by Crippen LogP contribution is 2.09. The largest absolute Gasteiger partial charge is 0.481 e. The fourth-order valence-corrected chi connectivity index (χ4v) is 1.78. The molecule has 3 atom stereocenters. The molecule has 122 valence electrons. The second-order valence-corrected chi connectivity index (χ2v) is 5.31. The first-order chi connectivity index (χ1) is 9.77. The molecule has 0 fully saturated rings. The molecular weight excluding hydrogens is 274 g/mol. The predicted octanol–water partition coefficient (Wildman–Crippen LogP) is 1.09. The van der Waals surface area contributed by atoms with Crippen molar-refractivity contribution < 1.29 is 19.5 Å². The zero-order valence-electron chi connectivity index (χ0n) is 13.2. The van der Waals surface area contributed by atoms with Gasteiger partial charge in [0.15, 0.2) is 0 Å². The zero-order chi connectivity index (χ0) is 16.4. The molecule has 0 aromatic rings. The SMILES string of the molecule is CCNC(=O)C(C)NC(=O)NC(C)CCCC(C)C(=O)O. The number of amides is 3. The lowest BCUT2D eigenvalue weighted by atomic mass is 10.0. The van der Waals surface area contributed by atoms with E-state index in [9.17, 15) is 14.4 Å². The van der Waals surface area contributed by atoms with Gasteiger partial charge < -0.3 is 21.1 Å². The first-order valence-electron chi connectivity index (χ1n) is 7.35. The van der Waals surface area contributed by atoms with Gasteiger partial charge in [0.05, 0.1) is 5.92 Å². The molecule has 0 saturated carbocycles. The summed E-state index contributed by atoms with van der Waals surface area (Å²) in [6.45, 7) is 7.46. The average Bonchev–Trinajstić information content (AvgIpc) is 2.38. The molecule has 0 aromatic carbocycles. The Morgan fingerprint density at radius 2 is 1.67 bits per heavy atom. The van der Waals surface area contributed by atoms with Crippen LogP contribution in [-0.4, -0.2) is 41.6 Å². The molecular formula is C14H27N3O4. The third kappa shape index (κ3) is 8.88. The second kappa shape index (κ2) is 10.0. The summed E-state index contributed by atoms with van der Waals surface area (Å²) in [7, 11) is 0. The van der Waals surface area contributed by atoms with Gasteiger partial charge in [0.25, 0.3) is 0 Å². The van der Waals surface area contributed by atoms with Gasteiger partial charge in [0.2, 0.25) is 5.91 Å². The Labute approximate surface area is 125 Å². The van der Waals surface area contributed by atoms with E-state index in [1.54, 1.807) is 13.8 Å². The van der Waals surface area contributed by atoms with Gasteiger partial charge in [-0.3, -0.25) is 9.59 Å². The molecule has 0 bridgehead atoms. The van der Waals surface area contributed by atoms with E-state index in [2.05, 4.69) is 16.0 Å². The van der Waals surface area contributed by atoms with Crippen LogP contribution in [0.25, 0.3) is 0 Å². The number of urea groups is 1. The van der Waals surface area contributed by atoms with Crippen LogP contribution in [0, 0.1) is 5.92 Å². The minimum atomic E-state index is -0.802. The van der Waals surface area contributed by atoms with E-state index in [4.69, 9.17) is 5.11 Å². The molecule has 0 saturated heterocycles. The van der Waals surface area contributed by atoms with Gasteiger partial charge in [0, 0.05) is 12.6 Å². The molecule has 7 heteroatoms. The Morgan fingerprint density at radius 1 is 1.05 bits per heavy atom. The topological polar surface area (TPSA) is 108 Å². The van der Waals surface area contributed by atoms with E-state index in [-0.39, 0.29) is 17.9 Å². The average molecular weight is 301 g/mol. The molecule has 0 radical (unpaired) electrons. The molecule has 0 aliphatic carbocycles. The van der Waals surface area contributed by atoms with Crippen molar-refractivity contribution in [2.75, 3.05) is 6.54 Å². The van der Waals surface area contributed by atoms with Crippen LogP contribution in [0.1, 0.15) is 47.0 Å². The van der Waals surface area contributed by atoms with Crippen LogP contribution in [0.3, 0.4) is 0 Å². The zero-order valence-corrected chi connectivity index (χ0v) is 13.2. The number of carboxylic acid groups (broad SMARTS) is 1. The van der Waals surface area contributed by atoms with E-state index in [0.29, 0.717) is 19.4 Å². The maximum absolute atomic E-state index is 11.7. The number of rotatable bonds is 9. The summed E-state index contributed by atoms with van der Waals surface area (Å²) >= 11 is 0. The highest BCUT2D eigenvalue weighted by molar-refractivity contribution is 5.86. The summed E-state index contributed by atoms with van der Waals surface area (Å²) in [5.41, 5.74) is 0. The van der Waals surface area contributed by atoms with Gasteiger partial charge in [-0.15, -0.1) is 0 Å². The summed E-state index contributed by atoms with van der Waals surface area (Å²) in [6.07, 6.45) is 2.00. The Bertz CT molecular complexity index is 360. The summed E-state index contributed by atoms with van der Waals surface area (Å²) in [5, 5.41) is 16.7. The molecule has 3 unspecified atom stereocenters. The third-order valence-electron chi connectivity index (χ3n) is 3.17. The predicted molar refractivity (Wildman–Crippen MR) is 79.9 cm³/mol. The smallest absolute Gasteiger partial charge is 0.315 e. The first kappa shape index (κ1) is 19.2. The number of carbonyl (C=O) groups is 3. The minimum absolute atomic E-state index is 0.0765. The standard InChI is InChI=1S/C14H27N3O4/c1-5-15-12(18)11(4)17-14(21)16-10(3)8-6-7-9(2)13(19)20/h9-11H,5-8H2,1-4H3,(H,15,18)(H,19,20)(H2,16,17,21). The van der Waals surface area contributed by atoms with Crippen molar-refractivity contribution in [1.82, 2.24) is 16.0 Å². The van der Waals surface area contributed by atoms with Crippen LogP contribution in [0.2, 0.25) is 0 Å². The molecule has 0 aromatic heterocycles. The van der Waals surface area contributed by atoms with E-state index < -0.39 is 18.0 Å². The van der Waals surface area contributed by atoms with Crippen LogP contribution >= 0.6 is 0 Å². The molecule has 0 heterocycles. The normalized spacial score (nSPS) is 14.7. The lowest BCUT2D eigenvalue weighted by Gasteiger charge is -2.18. The number of carbonyl (C=O) groups excluding carboxylic acids is 2. The van der Waals surface area contributed by atoms with Gasteiger partial charge in [0.1, 0.15) is 6.04 Å². The minimum Gasteiger partial charge on any atom is -0.481 e. The van der Waals surface area contributed by atoms with E-state index in [1.165, 1.54) is 0 Å². The summed E-state index contributed by atoms with van der Waals surface area (Å²) < 4.78 is 0. The van der Waals surface area contributed by atoms with Crippen molar-refractivity contribution in [2.45, 2.75) is 59.0 Å². The van der Waals surface area contributed by atoms with Gasteiger partial charge in [-0.25, -0.2) is 4.79 Å². The number of likely N-dealkylation sites (N-methyl/N-ethyl adjacent to an activating group) is 1. The maximum Gasteiger partial charge on any atom is 0.315 e. The van der Waals surface area contributed by atoms with Crippen molar-refractivity contribution in [3.8, 4) is 0 Å². The number of nitrogens with one attached hydrogen (secondary N) is 3. The molecule has 0 rings (SSSR count). The van der Waals surface area contributed by atoms with Crippen molar-refractivity contribution in [1.29, 1.82) is 0 Å². The number of aliphatic carboxylic acids is 1. The van der Waals surface area contributed by atoms with Crippen molar-refractivity contribution in [2.24, 2.45) is 5.92 Å². The highest BCUT2D eigenvalue weighted by atomic mass is 16.4. The van der Waals surface area contributed by atoms with E-state index >= 15 is 0 Å². The number of hydrogen-bond donors (Lipinski definition) is 4. The van der Waals surface area contributed by atoms with Crippen LogP contribution < -0.4 is 16.0 Å². The van der Waals surface area contributed by atoms with Gasteiger partial charge >= 0.3 is 12.0 Å². The molecule has 0 aliphatic rings. The Kier molecular flexibility index (Phi) is 9.16. The molecule has 0 aliphatic heterocycles. The Hall–Kier alpha value is -1.79. The molecule has 4 N–H and O–H groups in total. The van der Waals surface area contributed by atoms with Gasteiger partial charge in [-0.2, -0.15) is 0 Å². The third-order valence-corrected chi connectivity index (χ3v) is 3.17. The highest BCUT2D eigenvalue weighted by Gasteiger charge is 2.16. The Balaban J connectivity index is 3.94. The lowest BCUT2D eigenvalue weighted by molar-refractivity contribution is -0.141. The van der Waals surface area contributed by atoms with Crippen LogP contribution in [-0.2, 0) is 9.59 Å². The Morgan fingerprint density at radius 3 is 2.19 bits per heavy atom. The van der Waals surface area contributed by atoms with Gasteiger partial charge in [-0.05, 0) is 33.6 Å². The monoisotopic (exact) mass is 301 g/mol. The van der Waals surface area contributed by atoms with Crippen LogP contribution in [0.15, 0.2) is 0 Å². The van der Waals surface area contributed by atoms with E-state index in [1.807, 2.05) is 13.8 Å². The molecule has 21 heavy (non-hydrogen) atoms. The van der Waals surface area contributed by atoms with E-state index in [0.717, 1.165) is 6.42 Å². The van der Waals surface area contributed by atoms with Crippen LogP contribution in [0.5, 0.6) is 0 Å². The fraction of sp³-hybridized carbons (Fsp3) is 0.786. The number of carboxylic acids is 1. The second-order valence-electron chi connectivity index (χ2n) is 5.31. The maximum atomic E-state index is 11.7. The summed E-state index contributed by atoms with van der Waals surface area (Å²) in [4.78, 5) is 33.8. The molecule has 0 spiro atoms. The first-order valence-corrected chi connectivity index (χ1v) is 7.35.